The topological polar surface area (TPSA) is 0 Å². The van der Waals surface area contributed by atoms with Crippen LogP contribution in [0.15, 0.2) is 48.5 Å². The van der Waals surface area contributed by atoms with Crippen LogP contribution in [0.3, 0.4) is 0 Å². The lowest BCUT2D eigenvalue weighted by Gasteiger charge is -2.37. The lowest BCUT2D eigenvalue weighted by atomic mass is 9.68. The smallest absolute Gasteiger partial charge is 0.0922 e. The van der Waals surface area contributed by atoms with Crippen molar-refractivity contribution in [1.82, 2.24) is 0 Å². The summed E-state index contributed by atoms with van der Waals surface area (Å²) in [5.41, 5.74) is 5.64. The van der Waals surface area contributed by atoms with Crippen molar-refractivity contribution < 1.29 is 4.39 Å². The Bertz CT molecular complexity index is 744. The molecule has 0 spiro atoms. The molecule has 0 radical (unpaired) electrons. The Hall–Kier alpha value is -1.63. The van der Waals surface area contributed by atoms with E-state index in [-0.39, 0.29) is 6.67 Å². The lowest BCUT2D eigenvalue weighted by molar-refractivity contribution is 0.148. The van der Waals surface area contributed by atoms with Crippen LogP contribution < -0.4 is 0 Å². The fraction of sp³-hybridized carbons (Fsp3) is 0.586. The third-order valence-electron chi connectivity index (χ3n) is 8.04. The summed E-state index contributed by atoms with van der Waals surface area (Å²) in [6.07, 6.45) is 13.9. The number of rotatable bonds is 7. The Kier molecular flexibility index (Phi) is 7.63. The van der Waals surface area contributed by atoms with Gasteiger partial charge in [-0.2, -0.15) is 0 Å². The minimum absolute atomic E-state index is 0.0988. The third-order valence-corrected chi connectivity index (χ3v) is 8.04. The van der Waals surface area contributed by atoms with E-state index < -0.39 is 0 Å². The van der Waals surface area contributed by atoms with Gasteiger partial charge in [0.2, 0.25) is 0 Å². The Labute approximate surface area is 183 Å². The monoisotopic (exact) mass is 406 g/mol. The van der Waals surface area contributed by atoms with Gasteiger partial charge in [0.25, 0.3) is 0 Å². The highest BCUT2D eigenvalue weighted by Crippen LogP contribution is 2.44. The summed E-state index contributed by atoms with van der Waals surface area (Å²) in [5.74, 6) is 2.86. The van der Waals surface area contributed by atoms with E-state index in [1.807, 2.05) is 0 Å². The molecule has 0 saturated heterocycles. The molecule has 0 amide bonds. The van der Waals surface area contributed by atoms with E-state index in [1.165, 1.54) is 80.0 Å². The zero-order valence-electron chi connectivity index (χ0n) is 18.8. The first-order valence-electron chi connectivity index (χ1n) is 12.5. The van der Waals surface area contributed by atoms with E-state index in [4.69, 9.17) is 0 Å². The predicted octanol–water partition coefficient (Wildman–Crippen LogP) is 8.75. The molecule has 162 valence electrons. The largest absolute Gasteiger partial charge is 0.251 e. The van der Waals surface area contributed by atoms with Crippen LogP contribution in [0.2, 0.25) is 0 Å². The van der Waals surface area contributed by atoms with Crippen LogP contribution in [0.1, 0.15) is 88.2 Å². The molecule has 2 saturated carbocycles. The number of hydrogen-bond donors (Lipinski definition) is 0. The standard InChI is InChI=1S/C29H39F/c1-2-3-4-22-5-9-24(10-6-22)26-13-17-28(18-14-26)29-19-15-27(16-20-29)25-11-7-23(21-30)8-12-25/h5-6,9-10,13-14,17-18,23,25,27,29H,2-4,7-8,11-12,15-16,19-21H2,1H3/t23-,25-,27-,29-. The van der Waals surface area contributed by atoms with Gasteiger partial charge in [0.1, 0.15) is 0 Å². The normalized spacial score (nSPS) is 27.1. The quantitative estimate of drug-likeness (QED) is 0.431. The molecule has 2 fully saturated rings. The Balaban J connectivity index is 1.30. The van der Waals surface area contributed by atoms with Gasteiger partial charge in [-0.05, 0) is 110 Å². The van der Waals surface area contributed by atoms with Crippen molar-refractivity contribution in [2.24, 2.45) is 17.8 Å². The molecule has 0 atom stereocenters. The average Bonchev–Trinajstić information content (AvgIpc) is 2.83. The van der Waals surface area contributed by atoms with Crippen LogP contribution in [0.25, 0.3) is 11.1 Å². The van der Waals surface area contributed by atoms with E-state index in [0.29, 0.717) is 5.92 Å². The first-order valence-corrected chi connectivity index (χ1v) is 12.5. The number of unbranched alkanes of at least 4 members (excludes halogenated alkanes) is 1. The van der Waals surface area contributed by atoms with Crippen LogP contribution >= 0.6 is 0 Å². The first-order chi connectivity index (χ1) is 14.8. The molecule has 1 heteroatoms. The zero-order chi connectivity index (χ0) is 20.8. The van der Waals surface area contributed by atoms with Gasteiger partial charge in [-0.3, -0.25) is 4.39 Å². The van der Waals surface area contributed by atoms with E-state index in [9.17, 15) is 4.39 Å². The molecular formula is C29H39F. The van der Waals surface area contributed by atoms with E-state index in [2.05, 4.69) is 55.5 Å². The maximum Gasteiger partial charge on any atom is 0.0922 e. The van der Waals surface area contributed by atoms with Gasteiger partial charge >= 0.3 is 0 Å². The minimum atomic E-state index is -0.0988. The molecule has 0 nitrogen and oxygen atoms in total. The molecule has 0 aromatic heterocycles. The molecule has 4 rings (SSSR count). The lowest BCUT2D eigenvalue weighted by Crippen LogP contribution is -2.25. The molecule has 0 bridgehead atoms. The van der Waals surface area contributed by atoms with Crippen LogP contribution in [-0.4, -0.2) is 6.67 Å². The van der Waals surface area contributed by atoms with E-state index in [1.54, 1.807) is 0 Å². The van der Waals surface area contributed by atoms with Crippen LogP contribution in [0.4, 0.5) is 4.39 Å². The molecule has 0 N–H and O–H groups in total. The molecule has 0 aliphatic heterocycles. The third kappa shape index (κ3) is 5.34. The van der Waals surface area contributed by atoms with Gasteiger partial charge in [0.05, 0.1) is 6.67 Å². The summed E-state index contributed by atoms with van der Waals surface area (Å²) in [4.78, 5) is 0. The van der Waals surface area contributed by atoms with Crippen molar-refractivity contribution in [3.63, 3.8) is 0 Å². The average molecular weight is 407 g/mol. The second-order valence-electron chi connectivity index (χ2n) is 9.97. The summed E-state index contributed by atoms with van der Waals surface area (Å²) in [6.45, 7) is 2.15. The van der Waals surface area contributed by atoms with Crippen molar-refractivity contribution in [3.05, 3.63) is 59.7 Å². The fourth-order valence-electron chi connectivity index (χ4n) is 5.93. The fourth-order valence-corrected chi connectivity index (χ4v) is 5.93. The summed E-state index contributed by atoms with van der Waals surface area (Å²) in [6, 6.07) is 18.5. The number of benzene rings is 2. The second kappa shape index (κ2) is 10.6. The molecule has 0 heterocycles. The molecular weight excluding hydrogens is 367 g/mol. The van der Waals surface area contributed by atoms with Crippen LogP contribution in [-0.2, 0) is 6.42 Å². The first kappa shape index (κ1) is 21.6. The SMILES string of the molecule is CCCCc1ccc(-c2ccc([C@H]3CC[C@H]([C@H]4CC[C@H](CF)CC4)CC3)cc2)cc1. The second-order valence-corrected chi connectivity index (χ2v) is 9.97. The minimum Gasteiger partial charge on any atom is -0.251 e. The predicted molar refractivity (Wildman–Crippen MR) is 127 cm³/mol. The Morgan fingerprint density at radius 2 is 1.23 bits per heavy atom. The van der Waals surface area contributed by atoms with E-state index >= 15 is 0 Å². The molecule has 2 aliphatic carbocycles. The number of alkyl halides is 1. The Morgan fingerprint density at radius 1 is 0.700 bits per heavy atom. The van der Waals surface area contributed by atoms with Crippen LogP contribution in [0, 0.1) is 17.8 Å². The van der Waals surface area contributed by atoms with Gasteiger partial charge in [-0.25, -0.2) is 0 Å². The van der Waals surface area contributed by atoms with Crippen LogP contribution in [0.5, 0.6) is 0 Å². The van der Waals surface area contributed by atoms with Gasteiger partial charge in [0, 0.05) is 0 Å². The summed E-state index contributed by atoms with van der Waals surface area (Å²) in [7, 11) is 0. The molecule has 2 aromatic carbocycles. The highest BCUT2D eigenvalue weighted by Gasteiger charge is 2.31. The van der Waals surface area contributed by atoms with Crippen molar-refractivity contribution in [1.29, 1.82) is 0 Å². The van der Waals surface area contributed by atoms with Crippen molar-refractivity contribution >= 4 is 0 Å². The highest BCUT2D eigenvalue weighted by molar-refractivity contribution is 5.64. The van der Waals surface area contributed by atoms with Gasteiger partial charge < -0.3 is 0 Å². The summed E-state index contributed by atoms with van der Waals surface area (Å²) >= 11 is 0. The van der Waals surface area contributed by atoms with Gasteiger partial charge in [0.15, 0.2) is 0 Å². The molecule has 0 unspecified atom stereocenters. The summed E-state index contributed by atoms with van der Waals surface area (Å²) < 4.78 is 12.9. The number of aryl methyl sites for hydroxylation is 1. The molecule has 30 heavy (non-hydrogen) atoms. The number of hydrogen-bond acceptors (Lipinski definition) is 0. The van der Waals surface area contributed by atoms with Crippen molar-refractivity contribution in [3.8, 4) is 11.1 Å². The summed E-state index contributed by atoms with van der Waals surface area (Å²) in [5, 5.41) is 0. The van der Waals surface area contributed by atoms with Gasteiger partial charge in [-0.15, -0.1) is 0 Å². The Morgan fingerprint density at radius 3 is 1.77 bits per heavy atom. The maximum atomic E-state index is 12.9. The van der Waals surface area contributed by atoms with Crippen molar-refractivity contribution in [2.45, 2.75) is 83.5 Å². The molecule has 2 aliphatic rings. The highest BCUT2D eigenvalue weighted by atomic mass is 19.1. The zero-order valence-corrected chi connectivity index (χ0v) is 18.8. The van der Waals surface area contributed by atoms with E-state index in [0.717, 1.165) is 30.6 Å². The number of halogens is 1. The van der Waals surface area contributed by atoms with Crippen molar-refractivity contribution in [2.75, 3.05) is 6.67 Å². The van der Waals surface area contributed by atoms with Gasteiger partial charge in [-0.1, -0.05) is 61.9 Å². The maximum absolute atomic E-state index is 12.9. The molecule has 2 aromatic rings.